The maximum Gasteiger partial charge on any atom is 0.218 e. The Balaban J connectivity index is 2.96. The van der Waals surface area contributed by atoms with E-state index in [9.17, 15) is 14.7 Å². The van der Waals surface area contributed by atoms with Crippen molar-refractivity contribution >= 4 is 11.8 Å². The van der Waals surface area contributed by atoms with Crippen LogP contribution in [0.25, 0.3) is 0 Å². The van der Waals surface area contributed by atoms with Crippen molar-refractivity contribution in [3.05, 3.63) is 29.8 Å². The predicted octanol–water partition coefficient (Wildman–Crippen LogP) is 0.663. The molecular formula is C11H14N2O3. The molecule has 5 nitrogen and oxygen atoms in total. The van der Waals surface area contributed by atoms with Gasteiger partial charge in [0.2, 0.25) is 11.8 Å². The van der Waals surface area contributed by atoms with E-state index in [0.717, 1.165) is 0 Å². The van der Waals surface area contributed by atoms with E-state index in [4.69, 9.17) is 0 Å². The van der Waals surface area contributed by atoms with Gasteiger partial charge in [-0.15, -0.1) is 0 Å². The summed E-state index contributed by atoms with van der Waals surface area (Å²) in [4.78, 5) is 22.0. The summed E-state index contributed by atoms with van der Waals surface area (Å²) >= 11 is 0. The number of hydrogen-bond acceptors (Lipinski definition) is 3. The highest BCUT2D eigenvalue weighted by molar-refractivity contribution is 5.77. The number of amides is 2. The molecule has 3 N–H and O–H groups in total. The maximum atomic E-state index is 11.0. The Morgan fingerprint density at radius 1 is 1.12 bits per heavy atom. The smallest absolute Gasteiger partial charge is 0.218 e. The number of benzene rings is 1. The quantitative estimate of drug-likeness (QED) is 0.657. The van der Waals surface area contributed by atoms with Crippen LogP contribution in [0.3, 0.4) is 0 Å². The van der Waals surface area contributed by atoms with Gasteiger partial charge < -0.3 is 15.7 Å². The van der Waals surface area contributed by atoms with Crippen molar-refractivity contribution in [1.29, 1.82) is 0 Å². The third kappa shape index (κ3) is 3.27. The Morgan fingerprint density at radius 2 is 1.62 bits per heavy atom. The summed E-state index contributed by atoms with van der Waals surface area (Å²) in [5.74, 6) is -0.556. The van der Waals surface area contributed by atoms with Crippen molar-refractivity contribution in [3.8, 4) is 5.75 Å². The normalized spacial score (nSPS) is 9.94. The first-order valence-electron chi connectivity index (χ1n) is 4.83. The highest BCUT2D eigenvalue weighted by Gasteiger charge is 2.16. The Hall–Kier alpha value is -2.04. The fourth-order valence-electron chi connectivity index (χ4n) is 1.33. The average molecular weight is 222 g/mol. The molecule has 86 valence electrons. The Labute approximate surface area is 93.5 Å². The molecule has 0 unspecified atom stereocenters. The van der Waals surface area contributed by atoms with Crippen molar-refractivity contribution in [2.75, 3.05) is 0 Å². The lowest BCUT2D eigenvalue weighted by molar-refractivity contribution is -0.122. The average Bonchev–Trinajstić information content (AvgIpc) is 2.15. The molecule has 0 aromatic heterocycles. The molecule has 1 rings (SSSR count). The molecule has 16 heavy (non-hydrogen) atoms. The van der Waals surface area contributed by atoms with Gasteiger partial charge in [0.05, 0.1) is 0 Å². The van der Waals surface area contributed by atoms with Crippen LogP contribution in [0.5, 0.6) is 5.75 Å². The molecule has 0 aliphatic rings. The summed E-state index contributed by atoms with van der Waals surface area (Å²) < 4.78 is 0. The predicted molar refractivity (Wildman–Crippen MR) is 58.5 cm³/mol. The Kier molecular flexibility index (Phi) is 3.88. The van der Waals surface area contributed by atoms with Crippen LogP contribution in [0.15, 0.2) is 24.3 Å². The van der Waals surface area contributed by atoms with Crippen molar-refractivity contribution in [2.45, 2.75) is 20.0 Å². The zero-order chi connectivity index (χ0) is 12.1. The molecule has 0 saturated carbocycles. The van der Waals surface area contributed by atoms with E-state index in [1.807, 2.05) is 0 Å². The Bertz CT molecular complexity index is 388. The second-order valence-corrected chi connectivity index (χ2v) is 3.39. The second kappa shape index (κ2) is 5.16. The van der Waals surface area contributed by atoms with Gasteiger partial charge in [0.1, 0.15) is 11.9 Å². The summed E-state index contributed by atoms with van der Waals surface area (Å²) in [6.45, 7) is 2.68. The molecule has 2 amide bonds. The highest BCUT2D eigenvalue weighted by Crippen LogP contribution is 2.21. The molecule has 0 bridgehead atoms. The fourth-order valence-corrected chi connectivity index (χ4v) is 1.33. The molecule has 0 saturated heterocycles. The molecular weight excluding hydrogens is 208 g/mol. The summed E-state index contributed by atoms with van der Waals surface area (Å²) in [5.41, 5.74) is 0.452. The molecule has 0 radical (unpaired) electrons. The summed E-state index contributed by atoms with van der Waals surface area (Å²) in [7, 11) is 0. The molecule has 0 aliphatic heterocycles. The van der Waals surface area contributed by atoms with Crippen LogP contribution in [0.2, 0.25) is 0 Å². The zero-order valence-electron chi connectivity index (χ0n) is 9.15. The van der Waals surface area contributed by atoms with E-state index in [-0.39, 0.29) is 17.6 Å². The molecule has 1 aromatic rings. The molecule has 0 aliphatic carbocycles. The van der Waals surface area contributed by atoms with E-state index in [0.29, 0.717) is 5.56 Å². The van der Waals surface area contributed by atoms with Crippen LogP contribution >= 0.6 is 0 Å². The lowest BCUT2D eigenvalue weighted by atomic mass is 10.1. The van der Waals surface area contributed by atoms with Gasteiger partial charge in [-0.05, 0) is 6.07 Å². The van der Waals surface area contributed by atoms with Gasteiger partial charge in [-0.1, -0.05) is 18.2 Å². The summed E-state index contributed by atoms with van der Waals surface area (Å²) in [6.07, 6.45) is -0.712. The topological polar surface area (TPSA) is 78.4 Å². The summed E-state index contributed by atoms with van der Waals surface area (Å²) in [6, 6.07) is 6.50. The largest absolute Gasteiger partial charge is 0.508 e. The van der Waals surface area contributed by atoms with E-state index in [1.165, 1.54) is 19.9 Å². The van der Waals surface area contributed by atoms with Gasteiger partial charge in [0, 0.05) is 19.4 Å². The number of rotatable bonds is 3. The van der Waals surface area contributed by atoms with Crippen LogP contribution in [0.4, 0.5) is 0 Å². The van der Waals surface area contributed by atoms with Crippen molar-refractivity contribution in [2.24, 2.45) is 0 Å². The lowest BCUT2D eigenvalue weighted by Gasteiger charge is -2.19. The van der Waals surface area contributed by atoms with E-state index in [1.54, 1.807) is 18.2 Å². The van der Waals surface area contributed by atoms with Crippen LogP contribution in [-0.2, 0) is 9.59 Å². The standard InChI is InChI=1S/C11H14N2O3/c1-7(14)12-11(13-8(2)15)9-5-3-4-6-10(9)16/h3-6,11,16H,1-2H3,(H,12,14)(H,13,15). The maximum absolute atomic E-state index is 11.0. The number of nitrogens with one attached hydrogen (secondary N) is 2. The minimum Gasteiger partial charge on any atom is -0.508 e. The van der Waals surface area contributed by atoms with Gasteiger partial charge >= 0.3 is 0 Å². The molecule has 0 heterocycles. The van der Waals surface area contributed by atoms with Gasteiger partial charge in [0.25, 0.3) is 0 Å². The van der Waals surface area contributed by atoms with Gasteiger partial charge in [-0.3, -0.25) is 9.59 Å². The first-order valence-corrected chi connectivity index (χ1v) is 4.83. The van der Waals surface area contributed by atoms with E-state index < -0.39 is 6.17 Å². The third-order valence-corrected chi connectivity index (χ3v) is 1.94. The number of hydrogen-bond donors (Lipinski definition) is 3. The van der Waals surface area contributed by atoms with Gasteiger partial charge in [0.15, 0.2) is 0 Å². The first-order chi connectivity index (χ1) is 7.50. The van der Waals surface area contributed by atoms with Crippen molar-refractivity contribution in [3.63, 3.8) is 0 Å². The molecule has 0 fully saturated rings. The van der Waals surface area contributed by atoms with Gasteiger partial charge in [-0.25, -0.2) is 0 Å². The minimum absolute atomic E-state index is 0.0231. The summed E-state index contributed by atoms with van der Waals surface area (Å²) in [5, 5.41) is 14.7. The van der Waals surface area contributed by atoms with Crippen LogP contribution in [0, 0.1) is 0 Å². The molecule has 5 heteroatoms. The van der Waals surface area contributed by atoms with Crippen molar-refractivity contribution in [1.82, 2.24) is 10.6 Å². The first kappa shape index (κ1) is 12.0. The highest BCUT2D eigenvalue weighted by atomic mass is 16.3. The second-order valence-electron chi connectivity index (χ2n) is 3.39. The van der Waals surface area contributed by atoms with E-state index >= 15 is 0 Å². The van der Waals surface area contributed by atoms with Crippen molar-refractivity contribution < 1.29 is 14.7 Å². The number of aromatic hydroxyl groups is 1. The molecule has 0 atom stereocenters. The third-order valence-electron chi connectivity index (χ3n) is 1.94. The fraction of sp³-hybridized carbons (Fsp3) is 0.273. The number of carbonyl (C=O) groups is 2. The number of phenolic OH excluding ortho intramolecular Hbond substituents is 1. The lowest BCUT2D eigenvalue weighted by Crippen LogP contribution is -2.39. The van der Waals surface area contributed by atoms with Gasteiger partial charge in [-0.2, -0.15) is 0 Å². The molecule has 1 aromatic carbocycles. The van der Waals surface area contributed by atoms with Crippen LogP contribution < -0.4 is 10.6 Å². The zero-order valence-corrected chi connectivity index (χ0v) is 9.15. The molecule has 0 spiro atoms. The number of phenols is 1. The van der Waals surface area contributed by atoms with Crippen LogP contribution in [0.1, 0.15) is 25.6 Å². The number of carbonyl (C=O) groups excluding carboxylic acids is 2. The minimum atomic E-state index is -0.712. The monoisotopic (exact) mass is 222 g/mol. The SMILES string of the molecule is CC(=O)NC(NC(C)=O)c1ccccc1O. The van der Waals surface area contributed by atoms with E-state index in [2.05, 4.69) is 10.6 Å². The number of para-hydroxylation sites is 1. The Morgan fingerprint density at radius 3 is 2.06 bits per heavy atom. The van der Waals surface area contributed by atoms with Crippen LogP contribution in [-0.4, -0.2) is 16.9 Å².